The zero-order valence-electron chi connectivity index (χ0n) is 15.7. The van der Waals surface area contributed by atoms with Gasteiger partial charge >= 0.3 is 11.9 Å². The van der Waals surface area contributed by atoms with E-state index >= 15 is 0 Å². The van der Waals surface area contributed by atoms with Gasteiger partial charge in [0.2, 0.25) is 0 Å². The van der Waals surface area contributed by atoms with Crippen LogP contribution in [0.1, 0.15) is 48.5 Å². The highest BCUT2D eigenvalue weighted by molar-refractivity contribution is 5.87. The number of hydrogen-bond acceptors (Lipinski definition) is 5. The number of esters is 2. The van der Waals surface area contributed by atoms with E-state index in [9.17, 15) is 9.59 Å². The van der Waals surface area contributed by atoms with Crippen LogP contribution < -0.4 is 5.32 Å². The molecule has 0 spiro atoms. The van der Waals surface area contributed by atoms with E-state index in [1.54, 1.807) is 13.8 Å². The summed E-state index contributed by atoms with van der Waals surface area (Å²) in [5, 5.41) is 3.21. The molecule has 0 radical (unpaired) electrons. The molecule has 0 heterocycles. The molecule has 0 rings (SSSR count). The van der Waals surface area contributed by atoms with Crippen molar-refractivity contribution in [3.8, 4) is 0 Å². The van der Waals surface area contributed by atoms with Gasteiger partial charge in [-0.3, -0.25) is 0 Å². The van der Waals surface area contributed by atoms with Crippen LogP contribution in [0.4, 0.5) is 0 Å². The van der Waals surface area contributed by atoms with Crippen LogP contribution in [0.5, 0.6) is 0 Å². The molecule has 134 valence electrons. The Balaban J connectivity index is 0. The lowest BCUT2D eigenvalue weighted by atomic mass is 10.1. The minimum Gasteiger partial charge on any atom is -0.462 e. The summed E-state index contributed by atoms with van der Waals surface area (Å²) in [6.07, 6.45) is 0. The van der Waals surface area contributed by atoms with Crippen molar-refractivity contribution in [2.45, 2.75) is 54.0 Å². The molecule has 0 aromatic heterocycles. The Hall–Kier alpha value is -1.62. The summed E-state index contributed by atoms with van der Waals surface area (Å²) in [5.41, 5.74) is 0.965. The van der Waals surface area contributed by atoms with Crippen molar-refractivity contribution < 1.29 is 19.1 Å². The fraction of sp³-hybridized carbons (Fsp3) is 0.667. The molecule has 0 aliphatic heterocycles. The molecule has 5 nitrogen and oxygen atoms in total. The maximum Gasteiger partial charge on any atom is 0.333 e. The third-order valence-corrected chi connectivity index (χ3v) is 2.24. The van der Waals surface area contributed by atoms with Crippen LogP contribution >= 0.6 is 0 Å². The van der Waals surface area contributed by atoms with Gasteiger partial charge in [0.05, 0.1) is 6.61 Å². The molecule has 0 aromatic rings. The molecule has 0 fully saturated rings. The minimum atomic E-state index is -0.323. The zero-order chi connectivity index (χ0) is 18.6. The lowest BCUT2D eigenvalue weighted by molar-refractivity contribution is -0.140. The predicted molar refractivity (Wildman–Crippen MR) is 94.1 cm³/mol. The van der Waals surface area contributed by atoms with Gasteiger partial charge in [0.1, 0.15) is 6.61 Å². The number of carbonyl (C=O) groups excluding carboxylic acids is 2. The smallest absolute Gasteiger partial charge is 0.333 e. The molecule has 0 aromatic carbocycles. The Morgan fingerprint density at radius 1 is 1.00 bits per heavy atom. The molecular weight excluding hydrogens is 294 g/mol. The molecule has 23 heavy (non-hydrogen) atoms. The number of hydrogen-bond donors (Lipinski definition) is 1. The van der Waals surface area contributed by atoms with E-state index in [4.69, 9.17) is 9.47 Å². The highest BCUT2D eigenvalue weighted by atomic mass is 16.5. The summed E-state index contributed by atoms with van der Waals surface area (Å²) in [7, 11) is 0. The fourth-order valence-electron chi connectivity index (χ4n) is 1.06. The van der Waals surface area contributed by atoms with Gasteiger partial charge in [0.15, 0.2) is 0 Å². The van der Waals surface area contributed by atoms with E-state index in [1.165, 1.54) is 0 Å². The largest absolute Gasteiger partial charge is 0.462 e. The molecule has 0 saturated heterocycles. The van der Waals surface area contributed by atoms with Crippen LogP contribution in [0.15, 0.2) is 24.3 Å². The van der Waals surface area contributed by atoms with Gasteiger partial charge in [-0.15, -0.1) is 0 Å². The van der Waals surface area contributed by atoms with E-state index in [1.807, 2.05) is 13.8 Å². The van der Waals surface area contributed by atoms with Crippen LogP contribution in [0.25, 0.3) is 0 Å². The first-order chi connectivity index (χ1) is 10.4. The molecular formula is C18H33NO4. The van der Waals surface area contributed by atoms with Crippen LogP contribution in [-0.2, 0) is 19.1 Å². The van der Waals surface area contributed by atoms with Crippen molar-refractivity contribution in [2.75, 3.05) is 19.8 Å². The normalized spacial score (nSPS) is 10.4. The van der Waals surface area contributed by atoms with Gasteiger partial charge in [-0.2, -0.15) is 0 Å². The van der Waals surface area contributed by atoms with Gasteiger partial charge in [-0.05, 0) is 40.5 Å². The molecule has 0 saturated carbocycles. The van der Waals surface area contributed by atoms with Crippen molar-refractivity contribution in [1.82, 2.24) is 5.32 Å². The van der Waals surface area contributed by atoms with Crippen LogP contribution in [-0.4, -0.2) is 37.2 Å². The summed E-state index contributed by atoms with van der Waals surface area (Å²) >= 11 is 0. The lowest BCUT2D eigenvalue weighted by Gasteiger charge is -2.20. The van der Waals surface area contributed by atoms with Crippen LogP contribution in [0, 0.1) is 5.92 Å². The zero-order valence-corrected chi connectivity index (χ0v) is 15.7. The van der Waals surface area contributed by atoms with Crippen LogP contribution in [0.2, 0.25) is 0 Å². The van der Waals surface area contributed by atoms with Crippen molar-refractivity contribution in [2.24, 2.45) is 5.92 Å². The first-order valence-corrected chi connectivity index (χ1v) is 7.77. The average molecular weight is 327 g/mol. The maximum atomic E-state index is 10.9. The topological polar surface area (TPSA) is 64.6 Å². The first kappa shape index (κ1) is 23.6. The maximum absolute atomic E-state index is 10.9. The molecule has 5 heteroatoms. The van der Waals surface area contributed by atoms with Gasteiger partial charge < -0.3 is 14.8 Å². The average Bonchev–Trinajstić information content (AvgIpc) is 2.39. The van der Waals surface area contributed by atoms with Gasteiger partial charge in [-0.1, -0.05) is 27.0 Å². The third kappa shape index (κ3) is 18.3. The molecule has 0 aliphatic rings. The van der Waals surface area contributed by atoms with E-state index in [-0.39, 0.29) is 17.5 Å². The first-order valence-electron chi connectivity index (χ1n) is 7.77. The Bertz CT molecular complexity index is 406. The van der Waals surface area contributed by atoms with Crippen molar-refractivity contribution in [3.63, 3.8) is 0 Å². The SMILES string of the molecule is C=C(C)C(=O)OCC(C)C.C=C(C)C(=O)OCCNC(C)(C)C. The molecule has 0 bridgehead atoms. The Kier molecular flexibility index (Phi) is 12.2. The van der Waals surface area contributed by atoms with Crippen molar-refractivity contribution in [3.05, 3.63) is 24.3 Å². The molecule has 0 atom stereocenters. The Labute approximate surface area is 141 Å². The highest BCUT2D eigenvalue weighted by Crippen LogP contribution is 1.98. The standard InChI is InChI=1S/C10H19NO2.C8H14O2/c1-8(2)9(12)13-7-6-11-10(3,4)5;1-6(2)5-10-8(9)7(3)4/h11H,1,6-7H2,2-5H3;6H,3,5H2,1-2,4H3. The van der Waals surface area contributed by atoms with E-state index in [0.717, 1.165) is 0 Å². The van der Waals surface area contributed by atoms with E-state index in [2.05, 4.69) is 39.2 Å². The highest BCUT2D eigenvalue weighted by Gasteiger charge is 2.08. The monoisotopic (exact) mass is 327 g/mol. The molecule has 1 N–H and O–H groups in total. The second-order valence-electron chi connectivity index (χ2n) is 6.87. The number of nitrogens with one attached hydrogen (secondary N) is 1. The number of carbonyl (C=O) groups is 2. The number of ether oxygens (including phenoxy) is 2. The second kappa shape index (κ2) is 11.9. The van der Waals surface area contributed by atoms with Gasteiger partial charge in [0, 0.05) is 23.2 Å². The van der Waals surface area contributed by atoms with Gasteiger partial charge in [0.25, 0.3) is 0 Å². The van der Waals surface area contributed by atoms with Gasteiger partial charge in [-0.25, -0.2) is 9.59 Å². The fourth-order valence-corrected chi connectivity index (χ4v) is 1.06. The summed E-state index contributed by atoms with van der Waals surface area (Å²) in [4.78, 5) is 21.6. The summed E-state index contributed by atoms with van der Waals surface area (Å²) < 4.78 is 9.72. The van der Waals surface area contributed by atoms with Crippen LogP contribution in [0.3, 0.4) is 0 Å². The predicted octanol–water partition coefficient (Wildman–Crippen LogP) is 3.26. The quantitative estimate of drug-likeness (QED) is 0.442. The van der Waals surface area contributed by atoms with Crippen molar-refractivity contribution >= 4 is 11.9 Å². The Morgan fingerprint density at radius 2 is 1.43 bits per heavy atom. The molecule has 0 unspecified atom stereocenters. The van der Waals surface area contributed by atoms with E-state index < -0.39 is 0 Å². The van der Waals surface area contributed by atoms with Crippen molar-refractivity contribution in [1.29, 1.82) is 0 Å². The minimum absolute atomic E-state index is 0.0651. The summed E-state index contributed by atoms with van der Waals surface area (Å²) in [6.45, 7) is 21.9. The van der Waals surface area contributed by atoms with E-state index in [0.29, 0.717) is 36.8 Å². The summed E-state index contributed by atoms with van der Waals surface area (Å²) in [6, 6.07) is 0. The molecule has 0 amide bonds. The lowest BCUT2D eigenvalue weighted by Crippen LogP contribution is -2.38. The number of rotatable bonds is 7. The molecule has 0 aliphatic carbocycles. The second-order valence-corrected chi connectivity index (χ2v) is 6.87. The third-order valence-electron chi connectivity index (χ3n) is 2.24. The summed E-state index contributed by atoms with van der Waals surface area (Å²) in [5.74, 6) is -0.229. The Morgan fingerprint density at radius 3 is 1.78 bits per heavy atom.